The lowest BCUT2D eigenvalue weighted by Crippen LogP contribution is -2.39. The van der Waals surface area contributed by atoms with Crippen LogP contribution in [0.5, 0.6) is 0 Å². The summed E-state index contributed by atoms with van der Waals surface area (Å²) in [6.45, 7) is 4.27. The smallest absolute Gasteiger partial charge is 0.225 e. The summed E-state index contributed by atoms with van der Waals surface area (Å²) in [5.74, 6) is 1.40. The Morgan fingerprint density at radius 1 is 1.18 bits per heavy atom. The number of nitrogens with zero attached hydrogens (tertiary/aromatic N) is 2. The van der Waals surface area contributed by atoms with Crippen LogP contribution >= 0.6 is 15.9 Å². The molecule has 0 radical (unpaired) electrons. The summed E-state index contributed by atoms with van der Waals surface area (Å²) in [4.78, 5) is 16.5. The van der Waals surface area contributed by atoms with Gasteiger partial charge in [0.2, 0.25) is 5.91 Å². The van der Waals surface area contributed by atoms with Crippen LogP contribution in [0.1, 0.15) is 31.2 Å². The lowest BCUT2D eigenvalue weighted by Gasteiger charge is -2.34. The molecule has 0 atom stereocenters. The number of carbonyl (C=O) groups excluding carboxylic acids is 1. The van der Waals surface area contributed by atoms with Crippen LogP contribution in [-0.2, 0) is 11.3 Å². The van der Waals surface area contributed by atoms with Crippen molar-refractivity contribution < 1.29 is 4.79 Å². The maximum Gasteiger partial charge on any atom is 0.225 e. The summed E-state index contributed by atoms with van der Waals surface area (Å²) >= 11 is 3.48. The minimum atomic E-state index is 0.350. The van der Waals surface area contributed by atoms with E-state index in [4.69, 9.17) is 0 Å². The van der Waals surface area contributed by atoms with Crippen LogP contribution in [0.3, 0.4) is 0 Å². The molecule has 1 aliphatic heterocycles. The molecule has 2 fully saturated rings. The summed E-state index contributed by atoms with van der Waals surface area (Å²) in [5, 5.41) is 0. The van der Waals surface area contributed by atoms with Crippen molar-refractivity contribution in [2.45, 2.75) is 32.2 Å². The van der Waals surface area contributed by atoms with Crippen molar-refractivity contribution in [2.24, 2.45) is 11.8 Å². The fraction of sp³-hybridized carbons (Fsp3) is 0.611. The highest BCUT2D eigenvalue weighted by Crippen LogP contribution is 2.31. The van der Waals surface area contributed by atoms with Gasteiger partial charge in [-0.05, 0) is 62.4 Å². The van der Waals surface area contributed by atoms with Gasteiger partial charge in [-0.3, -0.25) is 9.69 Å². The second-order valence-electron chi connectivity index (χ2n) is 6.84. The molecule has 0 unspecified atom stereocenters. The first kappa shape index (κ1) is 16.0. The van der Waals surface area contributed by atoms with Crippen molar-refractivity contribution in [1.82, 2.24) is 9.80 Å². The zero-order valence-electron chi connectivity index (χ0n) is 13.3. The Balaban J connectivity index is 1.42. The Kier molecular flexibility index (Phi) is 5.19. The van der Waals surface area contributed by atoms with E-state index in [1.165, 1.54) is 18.4 Å². The molecule has 4 heteroatoms. The summed E-state index contributed by atoms with van der Waals surface area (Å²) < 4.78 is 1.14. The molecular weight excluding hydrogens is 340 g/mol. The van der Waals surface area contributed by atoms with Gasteiger partial charge in [0.1, 0.15) is 0 Å². The number of carbonyl (C=O) groups is 1. The molecule has 0 bridgehead atoms. The Hall–Kier alpha value is -0.870. The van der Waals surface area contributed by atoms with Crippen LogP contribution in [0.15, 0.2) is 28.7 Å². The number of benzene rings is 1. The van der Waals surface area contributed by atoms with E-state index in [0.29, 0.717) is 17.7 Å². The predicted octanol–water partition coefficient (Wildman–Crippen LogP) is 3.53. The molecule has 2 aliphatic rings. The highest BCUT2D eigenvalue weighted by atomic mass is 79.9. The van der Waals surface area contributed by atoms with E-state index < -0.39 is 0 Å². The third kappa shape index (κ3) is 4.32. The summed E-state index contributed by atoms with van der Waals surface area (Å²) in [6.07, 6.45) is 4.63. The van der Waals surface area contributed by atoms with Crippen molar-refractivity contribution in [1.29, 1.82) is 0 Å². The Labute approximate surface area is 141 Å². The van der Waals surface area contributed by atoms with E-state index in [2.05, 4.69) is 45.1 Å². The Bertz CT molecular complexity index is 504. The van der Waals surface area contributed by atoms with Gasteiger partial charge in [0.05, 0.1) is 0 Å². The number of halogens is 1. The van der Waals surface area contributed by atoms with E-state index in [9.17, 15) is 4.79 Å². The number of piperidine rings is 1. The molecule has 3 nitrogen and oxygen atoms in total. The van der Waals surface area contributed by atoms with Crippen LogP contribution in [0, 0.1) is 11.8 Å². The maximum absolute atomic E-state index is 12.0. The third-order valence-corrected chi connectivity index (χ3v) is 5.39. The molecule has 0 aromatic heterocycles. The zero-order chi connectivity index (χ0) is 15.5. The van der Waals surface area contributed by atoms with E-state index in [-0.39, 0.29) is 0 Å². The molecule has 3 rings (SSSR count). The quantitative estimate of drug-likeness (QED) is 0.797. The van der Waals surface area contributed by atoms with Gasteiger partial charge in [-0.15, -0.1) is 0 Å². The lowest BCUT2D eigenvalue weighted by molar-refractivity contribution is -0.132. The first-order chi connectivity index (χ1) is 10.6. The van der Waals surface area contributed by atoms with Crippen LogP contribution < -0.4 is 0 Å². The number of likely N-dealkylation sites (tertiary alicyclic amines) is 1. The van der Waals surface area contributed by atoms with Gasteiger partial charge < -0.3 is 4.90 Å². The molecule has 1 saturated heterocycles. The average Bonchev–Trinajstić information content (AvgIpc) is 3.35. The molecule has 0 N–H and O–H groups in total. The maximum atomic E-state index is 12.0. The fourth-order valence-corrected chi connectivity index (χ4v) is 3.56. The van der Waals surface area contributed by atoms with Crippen LogP contribution in [-0.4, -0.2) is 42.4 Å². The van der Waals surface area contributed by atoms with Gasteiger partial charge in [-0.25, -0.2) is 0 Å². The van der Waals surface area contributed by atoms with Gasteiger partial charge in [0, 0.05) is 30.5 Å². The standard InChI is InChI=1S/C18H25BrN2O/c1-20(18(22)16-4-5-16)12-15-8-10-21(11-9-15)13-14-2-6-17(19)7-3-14/h2-3,6-7,15-16H,4-5,8-13H2,1H3. The second kappa shape index (κ2) is 7.14. The third-order valence-electron chi connectivity index (χ3n) is 4.86. The average molecular weight is 365 g/mol. The molecule has 22 heavy (non-hydrogen) atoms. The van der Waals surface area contributed by atoms with Gasteiger partial charge in [0.15, 0.2) is 0 Å². The number of hydrogen-bond acceptors (Lipinski definition) is 2. The number of rotatable bonds is 5. The van der Waals surface area contributed by atoms with Crippen molar-refractivity contribution in [3.8, 4) is 0 Å². The summed E-state index contributed by atoms with van der Waals surface area (Å²) in [6, 6.07) is 8.61. The number of amides is 1. The SMILES string of the molecule is CN(CC1CCN(Cc2ccc(Br)cc2)CC1)C(=O)C1CC1. The second-order valence-corrected chi connectivity index (χ2v) is 7.75. The first-order valence-corrected chi connectivity index (χ1v) is 9.13. The van der Waals surface area contributed by atoms with Crippen molar-refractivity contribution in [3.63, 3.8) is 0 Å². The molecular formula is C18H25BrN2O. The molecule has 1 saturated carbocycles. The monoisotopic (exact) mass is 364 g/mol. The minimum absolute atomic E-state index is 0.350. The predicted molar refractivity (Wildman–Crippen MR) is 92.5 cm³/mol. The van der Waals surface area contributed by atoms with E-state index in [1.54, 1.807) is 0 Å². The highest BCUT2D eigenvalue weighted by Gasteiger charge is 2.33. The van der Waals surface area contributed by atoms with Crippen LogP contribution in [0.2, 0.25) is 0 Å². The normalized spacial score (nSPS) is 20.1. The van der Waals surface area contributed by atoms with Crippen LogP contribution in [0.4, 0.5) is 0 Å². The first-order valence-electron chi connectivity index (χ1n) is 8.33. The van der Waals surface area contributed by atoms with Crippen molar-refractivity contribution >= 4 is 21.8 Å². The largest absolute Gasteiger partial charge is 0.345 e. The Morgan fingerprint density at radius 2 is 1.82 bits per heavy atom. The summed E-state index contributed by atoms with van der Waals surface area (Å²) in [5.41, 5.74) is 1.38. The molecule has 1 aromatic carbocycles. The number of hydrogen-bond donors (Lipinski definition) is 0. The minimum Gasteiger partial charge on any atom is -0.345 e. The van der Waals surface area contributed by atoms with E-state index in [0.717, 1.165) is 43.5 Å². The fourth-order valence-electron chi connectivity index (χ4n) is 3.29. The molecule has 1 heterocycles. The van der Waals surface area contributed by atoms with E-state index in [1.807, 2.05) is 11.9 Å². The van der Waals surface area contributed by atoms with Crippen LogP contribution in [0.25, 0.3) is 0 Å². The molecule has 120 valence electrons. The highest BCUT2D eigenvalue weighted by molar-refractivity contribution is 9.10. The topological polar surface area (TPSA) is 23.6 Å². The Morgan fingerprint density at radius 3 is 2.41 bits per heavy atom. The molecule has 0 spiro atoms. The van der Waals surface area contributed by atoms with Gasteiger partial charge in [-0.1, -0.05) is 28.1 Å². The van der Waals surface area contributed by atoms with Crippen molar-refractivity contribution in [2.75, 3.05) is 26.7 Å². The van der Waals surface area contributed by atoms with Crippen molar-refractivity contribution in [3.05, 3.63) is 34.3 Å². The van der Waals surface area contributed by atoms with Gasteiger partial charge in [-0.2, -0.15) is 0 Å². The van der Waals surface area contributed by atoms with E-state index >= 15 is 0 Å². The molecule has 1 aliphatic carbocycles. The van der Waals surface area contributed by atoms with Gasteiger partial charge in [0.25, 0.3) is 0 Å². The molecule has 1 amide bonds. The molecule has 1 aromatic rings. The zero-order valence-corrected chi connectivity index (χ0v) is 14.9. The lowest BCUT2D eigenvalue weighted by atomic mass is 9.96. The summed E-state index contributed by atoms with van der Waals surface area (Å²) in [7, 11) is 1.98. The van der Waals surface area contributed by atoms with Gasteiger partial charge >= 0.3 is 0 Å².